The number of benzene rings is 3. The topological polar surface area (TPSA) is 29.5 Å². The molecule has 0 saturated heterocycles. The third kappa shape index (κ3) is 4.62. The predicted molar refractivity (Wildman–Crippen MR) is 124 cm³/mol. The second kappa shape index (κ2) is 10.2. The Balaban J connectivity index is 2.07. The maximum absolute atomic E-state index is 10.5. The molecule has 0 aromatic heterocycles. The third-order valence-electron chi connectivity index (χ3n) is 5.58. The van der Waals surface area contributed by atoms with Crippen LogP contribution in [0.2, 0.25) is 0 Å². The highest BCUT2D eigenvalue weighted by molar-refractivity contribution is 5.47. The van der Waals surface area contributed by atoms with Gasteiger partial charge in [-0.1, -0.05) is 110 Å². The van der Waals surface area contributed by atoms with Crippen LogP contribution in [0, 0.1) is 5.92 Å². The number of ether oxygens (including phenoxy) is 1. The van der Waals surface area contributed by atoms with Gasteiger partial charge in [0.1, 0.15) is 5.60 Å². The SMILES string of the molecule is C=C[C@H](C)[C@H](O)/C(C)=C/COC(c1ccccc1)(c1ccccc1)c1ccccc1. The van der Waals surface area contributed by atoms with Crippen LogP contribution in [0.15, 0.2) is 115 Å². The monoisotopic (exact) mass is 398 g/mol. The van der Waals surface area contributed by atoms with E-state index in [0.717, 1.165) is 22.3 Å². The Bertz CT molecular complexity index is 849. The smallest absolute Gasteiger partial charge is 0.144 e. The van der Waals surface area contributed by atoms with Crippen molar-refractivity contribution >= 4 is 0 Å². The highest BCUT2D eigenvalue weighted by Gasteiger charge is 2.37. The molecule has 2 heteroatoms. The summed E-state index contributed by atoms with van der Waals surface area (Å²) >= 11 is 0. The molecule has 30 heavy (non-hydrogen) atoms. The molecule has 1 N–H and O–H groups in total. The van der Waals surface area contributed by atoms with Crippen molar-refractivity contribution in [2.24, 2.45) is 5.92 Å². The van der Waals surface area contributed by atoms with Crippen LogP contribution >= 0.6 is 0 Å². The Labute approximate surface area is 180 Å². The summed E-state index contributed by atoms with van der Waals surface area (Å²) in [6.07, 6.45) is 3.17. The van der Waals surface area contributed by atoms with Crippen LogP contribution in [-0.2, 0) is 10.3 Å². The van der Waals surface area contributed by atoms with E-state index in [9.17, 15) is 5.11 Å². The van der Waals surface area contributed by atoms with Crippen molar-refractivity contribution in [1.82, 2.24) is 0 Å². The zero-order valence-electron chi connectivity index (χ0n) is 17.7. The Morgan fingerprint density at radius 1 is 0.867 bits per heavy atom. The summed E-state index contributed by atoms with van der Waals surface area (Å²) in [5.74, 6) is -0.0108. The van der Waals surface area contributed by atoms with Gasteiger partial charge in [0.2, 0.25) is 0 Å². The number of hydrogen-bond acceptors (Lipinski definition) is 2. The van der Waals surface area contributed by atoms with Gasteiger partial charge in [-0.2, -0.15) is 0 Å². The molecule has 0 bridgehead atoms. The first kappa shape index (κ1) is 21.8. The van der Waals surface area contributed by atoms with Crippen LogP contribution in [-0.4, -0.2) is 17.8 Å². The first-order valence-electron chi connectivity index (χ1n) is 10.4. The van der Waals surface area contributed by atoms with Crippen molar-refractivity contribution in [2.75, 3.05) is 6.61 Å². The lowest BCUT2D eigenvalue weighted by Gasteiger charge is -2.35. The molecule has 0 aliphatic rings. The Kier molecular flexibility index (Phi) is 7.40. The molecule has 0 fully saturated rings. The lowest BCUT2D eigenvalue weighted by atomic mass is 9.80. The standard InChI is InChI=1S/C28H30O2/c1-4-22(2)27(29)23(3)20-21-30-28(24-14-8-5-9-15-24,25-16-10-6-11-17-25)26-18-12-7-13-19-26/h4-20,22,27,29H,1,21H2,2-3H3/b23-20+/t22-,27-/m0/s1. The molecule has 0 saturated carbocycles. The minimum atomic E-state index is -0.754. The fourth-order valence-corrected chi connectivity index (χ4v) is 3.73. The summed E-state index contributed by atoms with van der Waals surface area (Å²) in [5.41, 5.74) is 3.32. The first-order chi connectivity index (χ1) is 14.6. The minimum absolute atomic E-state index is 0.0108. The average molecular weight is 399 g/mol. The molecule has 2 nitrogen and oxygen atoms in total. The van der Waals surface area contributed by atoms with Crippen molar-refractivity contribution in [2.45, 2.75) is 25.6 Å². The fourth-order valence-electron chi connectivity index (χ4n) is 3.73. The van der Waals surface area contributed by atoms with Crippen LogP contribution in [0.1, 0.15) is 30.5 Å². The Morgan fingerprint density at radius 2 is 1.27 bits per heavy atom. The number of hydrogen-bond donors (Lipinski definition) is 1. The molecule has 154 valence electrons. The molecule has 2 atom stereocenters. The zero-order valence-corrected chi connectivity index (χ0v) is 17.7. The van der Waals surface area contributed by atoms with Crippen molar-refractivity contribution in [3.05, 3.63) is 132 Å². The second-order valence-electron chi connectivity index (χ2n) is 7.58. The maximum atomic E-state index is 10.5. The van der Waals surface area contributed by atoms with E-state index >= 15 is 0 Å². The zero-order chi connectivity index (χ0) is 21.4. The number of rotatable bonds is 9. The highest BCUT2D eigenvalue weighted by Crippen LogP contribution is 2.40. The second-order valence-corrected chi connectivity index (χ2v) is 7.58. The summed E-state index contributed by atoms with van der Waals surface area (Å²) in [4.78, 5) is 0. The molecule has 0 aliphatic heterocycles. The lowest BCUT2D eigenvalue weighted by Crippen LogP contribution is -2.33. The average Bonchev–Trinajstić information content (AvgIpc) is 2.82. The Morgan fingerprint density at radius 3 is 1.63 bits per heavy atom. The van der Waals surface area contributed by atoms with Gasteiger partial charge >= 0.3 is 0 Å². The van der Waals surface area contributed by atoms with Crippen molar-refractivity contribution < 1.29 is 9.84 Å². The molecule has 0 radical (unpaired) electrons. The van der Waals surface area contributed by atoms with E-state index in [2.05, 4.69) is 43.0 Å². The van der Waals surface area contributed by atoms with E-state index in [-0.39, 0.29) is 5.92 Å². The van der Waals surface area contributed by atoms with Crippen LogP contribution < -0.4 is 0 Å². The van der Waals surface area contributed by atoms with Crippen LogP contribution in [0.25, 0.3) is 0 Å². The molecule has 0 heterocycles. The van der Waals surface area contributed by atoms with Gasteiger partial charge in [0.05, 0.1) is 12.7 Å². The first-order valence-corrected chi connectivity index (χ1v) is 10.4. The van der Waals surface area contributed by atoms with Crippen LogP contribution in [0.4, 0.5) is 0 Å². The van der Waals surface area contributed by atoms with E-state index in [1.165, 1.54) is 0 Å². The summed E-state index contributed by atoms with van der Waals surface area (Å²) in [7, 11) is 0. The molecule has 0 aliphatic carbocycles. The molecule has 3 aromatic carbocycles. The number of aliphatic hydroxyl groups is 1. The van der Waals surface area contributed by atoms with Gasteiger partial charge in [0.15, 0.2) is 0 Å². The van der Waals surface area contributed by atoms with Crippen molar-refractivity contribution in [3.8, 4) is 0 Å². The summed E-state index contributed by atoms with van der Waals surface area (Å²) in [6.45, 7) is 8.04. The quantitative estimate of drug-likeness (QED) is 0.347. The normalized spacial score (nSPS) is 14.2. The maximum Gasteiger partial charge on any atom is 0.144 e. The van der Waals surface area contributed by atoms with Gasteiger partial charge in [-0.3, -0.25) is 0 Å². The minimum Gasteiger partial charge on any atom is -0.388 e. The van der Waals surface area contributed by atoms with E-state index in [4.69, 9.17) is 4.74 Å². The van der Waals surface area contributed by atoms with Gasteiger partial charge in [-0.25, -0.2) is 0 Å². The van der Waals surface area contributed by atoms with E-state index in [1.807, 2.05) is 74.5 Å². The summed E-state index contributed by atoms with van der Waals surface area (Å²) in [5, 5.41) is 10.5. The molecular formula is C28H30O2. The molecule has 0 amide bonds. The van der Waals surface area contributed by atoms with Gasteiger partial charge in [0, 0.05) is 5.92 Å². The van der Waals surface area contributed by atoms with Gasteiger partial charge in [-0.05, 0) is 29.2 Å². The van der Waals surface area contributed by atoms with Gasteiger partial charge in [-0.15, -0.1) is 6.58 Å². The highest BCUT2D eigenvalue weighted by atomic mass is 16.5. The molecule has 3 rings (SSSR count). The molecule has 0 spiro atoms. The molecular weight excluding hydrogens is 368 g/mol. The lowest BCUT2D eigenvalue weighted by molar-refractivity contribution is 0.0310. The van der Waals surface area contributed by atoms with E-state index < -0.39 is 11.7 Å². The largest absolute Gasteiger partial charge is 0.388 e. The molecule has 3 aromatic rings. The third-order valence-corrected chi connectivity index (χ3v) is 5.58. The van der Waals surface area contributed by atoms with Crippen molar-refractivity contribution in [3.63, 3.8) is 0 Å². The van der Waals surface area contributed by atoms with E-state index in [1.54, 1.807) is 6.08 Å². The predicted octanol–water partition coefficient (Wildman–Crippen LogP) is 6.12. The van der Waals surface area contributed by atoms with Crippen LogP contribution in [0.5, 0.6) is 0 Å². The number of aliphatic hydroxyl groups excluding tert-OH is 1. The van der Waals surface area contributed by atoms with E-state index in [0.29, 0.717) is 6.61 Å². The Hall–Kier alpha value is -2.94. The van der Waals surface area contributed by atoms with Crippen molar-refractivity contribution in [1.29, 1.82) is 0 Å². The fraction of sp³-hybridized carbons (Fsp3) is 0.214. The van der Waals surface area contributed by atoms with Crippen LogP contribution in [0.3, 0.4) is 0 Å². The summed E-state index contributed by atoms with van der Waals surface area (Å²) < 4.78 is 6.71. The van der Waals surface area contributed by atoms with Gasteiger partial charge in [0.25, 0.3) is 0 Å². The summed E-state index contributed by atoms with van der Waals surface area (Å²) in [6, 6.07) is 30.9. The van der Waals surface area contributed by atoms with Gasteiger partial charge < -0.3 is 9.84 Å². The molecule has 0 unspecified atom stereocenters.